The number of nitrogens with one attached hydrogen (secondary N) is 1. The summed E-state index contributed by atoms with van der Waals surface area (Å²) in [6, 6.07) is 5.08. The van der Waals surface area contributed by atoms with Crippen LogP contribution in [0.25, 0.3) is 11.0 Å². The Labute approximate surface area is 121 Å². The van der Waals surface area contributed by atoms with Crippen molar-refractivity contribution in [2.75, 3.05) is 13.7 Å². The van der Waals surface area contributed by atoms with Gasteiger partial charge in [-0.3, -0.25) is 0 Å². The van der Waals surface area contributed by atoms with Gasteiger partial charge in [-0.15, -0.1) is 11.6 Å². The molecule has 1 aromatic heterocycles. The van der Waals surface area contributed by atoms with E-state index in [4.69, 9.17) is 22.1 Å². The fraction of sp³-hybridized carbons (Fsp3) is 0.385. The molecule has 108 valence electrons. The number of rotatable bonds is 5. The second-order valence-corrected chi connectivity index (χ2v) is 5.04. The summed E-state index contributed by atoms with van der Waals surface area (Å²) in [7, 11) is 1.61. The highest BCUT2D eigenvalue weighted by molar-refractivity contribution is 6.20. The van der Waals surface area contributed by atoms with E-state index in [1.54, 1.807) is 7.11 Å². The predicted octanol–water partition coefficient (Wildman–Crippen LogP) is 2.01. The van der Waals surface area contributed by atoms with Crippen molar-refractivity contribution in [1.29, 1.82) is 0 Å². The molecule has 0 radical (unpaired) electrons. The third-order valence-corrected chi connectivity index (χ3v) is 3.17. The first-order valence-corrected chi connectivity index (χ1v) is 6.68. The van der Waals surface area contributed by atoms with Gasteiger partial charge in [-0.1, -0.05) is 0 Å². The number of halogens is 1. The number of benzene rings is 1. The fourth-order valence-corrected chi connectivity index (χ4v) is 2.24. The predicted molar refractivity (Wildman–Crippen MR) is 78.1 cm³/mol. The minimum Gasteiger partial charge on any atom is -0.497 e. The van der Waals surface area contributed by atoms with Crippen LogP contribution in [0.15, 0.2) is 18.2 Å². The van der Waals surface area contributed by atoms with Gasteiger partial charge in [0.25, 0.3) is 0 Å². The van der Waals surface area contributed by atoms with Crippen molar-refractivity contribution in [3.05, 3.63) is 24.0 Å². The van der Waals surface area contributed by atoms with Crippen LogP contribution in [0.5, 0.6) is 5.75 Å². The number of nitrogens with two attached hydrogens (primary N) is 1. The van der Waals surface area contributed by atoms with Gasteiger partial charge < -0.3 is 20.4 Å². The van der Waals surface area contributed by atoms with E-state index in [0.29, 0.717) is 13.1 Å². The van der Waals surface area contributed by atoms with Gasteiger partial charge in [-0.05, 0) is 19.1 Å². The number of urea groups is 1. The zero-order chi connectivity index (χ0) is 14.7. The normalized spacial score (nSPS) is 12.3. The van der Waals surface area contributed by atoms with Gasteiger partial charge in [0.05, 0.1) is 23.5 Å². The summed E-state index contributed by atoms with van der Waals surface area (Å²) in [5.41, 5.74) is 6.82. The summed E-state index contributed by atoms with van der Waals surface area (Å²) >= 11 is 6.17. The van der Waals surface area contributed by atoms with Crippen LogP contribution in [0, 0.1) is 0 Å². The summed E-state index contributed by atoms with van der Waals surface area (Å²) < 4.78 is 7.19. The topological polar surface area (TPSA) is 82.2 Å². The lowest BCUT2D eigenvalue weighted by atomic mass is 10.3. The van der Waals surface area contributed by atoms with Gasteiger partial charge in [-0.2, -0.15) is 0 Å². The van der Waals surface area contributed by atoms with Crippen molar-refractivity contribution in [2.24, 2.45) is 5.73 Å². The highest BCUT2D eigenvalue weighted by Gasteiger charge is 2.15. The zero-order valence-corrected chi connectivity index (χ0v) is 12.1. The molecule has 0 bridgehead atoms. The number of methoxy groups -OCH3 is 1. The highest BCUT2D eigenvalue weighted by atomic mass is 35.5. The number of aromatic nitrogens is 2. The first kappa shape index (κ1) is 14.5. The number of amides is 2. The monoisotopic (exact) mass is 296 g/mol. The Morgan fingerprint density at radius 1 is 1.60 bits per heavy atom. The fourth-order valence-electron chi connectivity index (χ4n) is 2.08. The number of alkyl halides is 1. The van der Waals surface area contributed by atoms with Crippen molar-refractivity contribution >= 4 is 28.7 Å². The molecule has 2 amide bonds. The lowest BCUT2D eigenvalue weighted by molar-refractivity contribution is 0.248. The van der Waals surface area contributed by atoms with Gasteiger partial charge >= 0.3 is 6.03 Å². The number of carbonyl (C=O) groups is 1. The molecule has 20 heavy (non-hydrogen) atoms. The number of carbonyl (C=O) groups excluding carboxylic acids is 1. The van der Waals surface area contributed by atoms with Crippen molar-refractivity contribution in [2.45, 2.75) is 18.8 Å². The van der Waals surface area contributed by atoms with E-state index >= 15 is 0 Å². The number of nitrogens with zero attached hydrogens (tertiary/aromatic N) is 2. The van der Waals surface area contributed by atoms with Gasteiger partial charge in [-0.25, -0.2) is 9.78 Å². The minimum absolute atomic E-state index is 0.234. The van der Waals surface area contributed by atoms with E-state index < -0.39 is 6.03 Å². The summed E-state index contributed by atoms with van der Waals surface area (Å²) in [4.78, 5) is 15.3. The van der Waals surface area contributed by atoms with E-state index in [-0.39, 0.29) is 5.38 Å². The largest absolute Gasteiger partial charge is 0.497 e. The Kier molecular flexibility index (Phi) is 4.34. The molecular weight excluding hydrogens is 280 g/mol. The van der Waals surface area contributed by atoms with Crippen LogP contribution < -0.4 is 15.8 Å². The Morgan fingerprint density at radius 2 is 2.35 bits per heavy atom. The van der Waals surface area contributed by atoms with Crippen LogP contribution in [0.1, 0.15) is 18.1 Å². The molecule has 2 rings (SSSR count). The molecule has 2 aromatic rings. The molecule has 0 aliphatic heterocycles. The minimum atomic E-state index is -0.549. The molecule has 3 N–H and O–H groups in total. The van der Waals surface area contributed by atoms with Crippen LogP contribution >= 0.6 is 11.6 Å². The van der Waals surface area contributed by atoms with E-state index in [9.17, 15) is 4.79 Å². The smallest absolute Gasteiger partial charge is 0.312 e. The summed E-state index contributed by atoms with van der Waals surface area (Å²) in [5.74, 6) is 1.50. The summed E-state index contributed by atoms with van der Waals surface area (Å²) in [6.45, 7) is 2.81. The molecule has 0 saturated carbocycles. The molecule has 1 atom stereocenters. The number of fused-ring (bicyclic) bond motifs is 1. The number of hydrogen-bond donors (Lipinski definition) is 2. The maximum Gasteiger partial charge on any atom is 0.312 e. The highest BCUT2D eigenvalue weighted by Crippen LogP contribution is 2.27. The van der Waals surface area contributed by atoms with Crippen LogP contribution in [-0.4, -0.2) is 29.2 Å². The number of primary amides is 1. The van der Waals surface area contributed by atoms with Gasteiger partial charge in [0.2, 0.25) is 0 Å². The molecule has 1 heterocycles. The molecule has 0 fully saturated rings. The first-order valence-electron chi connectivity index (χ1n) is 6.24. The van der Waals surface area contributed by atoms with E-state index in [2.05, 4.69) is 10.3 Å². The third-order valence-electron chi connectivity index (χ3n) is 2.98. The Hall–Kier alpha value is -1.95. The lowest BCUT2D eigenvalue weighted by Crippen LogP contribution is -2.32. The van der Waals surface area contributed by atoms with Crippen molar-refractivity contribution in [3.8, 4) is 5.75 Å². The van der Waals surface area contributed by atoms with Crippen molar-refractivity contribution in [3.63, 3.8) is 0 Å². The second-order valence-electron chi connectivity index (χ2n) is 4.38. The van der Waals surface area contributed by atoms with Crippen molar-refractivity contribution < 1.29 is 9.53 Å². The second kappa shape index (κ2) is 6.00. The van der Waals surface area contributed by atoms with Crippen LogP contribution in [0.3, 0.4) is 0 Å². The van der Waals surface area contributed by atoms with Crippen LogP contribution in [-0.2, 0) is 6.54 Å². The van der Waals surface area contributed by atoms with E-state index in [1.807, 2.05) is 29.7 Å². The number of hydrogen-bond acceptors (Lipinski definition) is 3. The SMILES string of the molecule is COc1ccc2nc(C(C)Cl)n(CCNC(N)=O)c2c1. The summed E-state index contributed by atoms with van der Waals surface area (Å²) in [6.07, 6.45) is 0. The Balaban J connectivity index is 2.40. The average Bonchev–Trinajstić information content (AvgIpc) is 2.76. The molecule has 1 unspecified atom stereocenters. The van der Waals surface area contributed by atoms with Gasteiger partial charge in [0.1, 0.15) is 11.6 Å². The molecule has 6 nitrogen and oxygen atoms in total. The molecule has 1 aromatic carbocycles. The first-order chi connectivity index (χ1) is 9.52. The molecular formula is C13H17ClN4O2. The summed E-state index contributed by atoms with van der Waals surface area (Å²) in [5, 5.41) is 2.32. The molecule has 0 aliphatic rings. The standard InChI is InChI=1S/C13H17ClN4O2/c1-8(14)12-17-10-4-3-9(20-2)7-11(10)18(12)6-5-16-13(15)19/h3-4,7-8H,5-6H2,1-2H3,(H3,15,16,19). The van der Waals surface area contributed by atoms with Gasteiger partial charge in [0.15, 0.2) is 0 Å². The van der Waals surface area contributed by atoms with E-state index in [1.165, 1.54) is 0 Å². The maximum absolute atomic E-state index is 10.8. The maximum atomic E-state index is 10.8. The van der Waals surface area contributed by atoms with Gasteiger partial charge in [0, 0.05) is 19.2 Å². The number of imidazole rings is 1. The molecule has 0 spiro atoms. The zero-order valence-electron chi connectivity index (χ0n) is 11.4. The molecule has 0 aliphatic carbocycles. The quantitative estimate of drug-likeness (QED) is 0.828. The third kappa shape index (κ3) is 2.96. The molecule has 0 saturated heterocycles. The van der Waals surface area contributed by atoms with Crippen molar-refractivity contribution in [1.82, 2.24) is 14.9 Å². The van der Waals surface area contributed by atoms with Crippen LogP contribution in [0.4, 0.5) is 4.79 Å². The van der Waals surface area contributed by atoms with Crippen LogP contribution in [0.2, 0.25) is 0 Å². The number of ether oxygens (including phenoxy) is 1. The Morgan fingerprint density at radius 3 is 2.95 bits per heavy atom. The van der Waals surface area contributed by atoms with E-state index in [0.717, 1.165) is 22.6 Å². The average molecular weight is 297 g/mol. The lowest BCUT2D eigenvalue weighted by Gasteiger charge is -2.11. The molecule has 7 heteroatoms. The Bertz CT molecular complexity index is 624.